The Labute approximate surface area is 137 Å². The van der Waals surface area contributed by atoms with Gasteiger partial charge in [-0.2, -0.15) is 0 Å². The number of nitrogens with one attached hydrogen (secondary N) is 2. The highest BCUT2D eigenvalue weighted by molar-refractivity contribution is 5.98. The van der Waals surface area contributed by atoms with Gasteiger partial charge in [0.2, 0.25) is 5.91 Å². The van der Waals surface area contributed by atoms with Gasteiger partial charge in [-0.1, -0.05) is 0 Å². The average Bonchev–Trinajstić information content (AvgIpc) is 2.70. The minimum absolute atomic E-state index is 0.0782. The van der Waals surface area contributed by atoms with Gasteiger partial charge in [-0.05, 0) is 43.0 Å². The zero-order valence-electron chi connectivity index (χ0n) is 12.9. The molecule has 1 aromatic rings. The van der Waals surface area contributed by atoms with Crippen molar-refractivity contribution in [3.05, 3.63) is 29.3 Å². The second kappa shape index (κ2) is 7.58. The molecule has 0 saturated heterocycles. The number of carbonyl (C=O) groups excluding carboxylic acids is 2. The summed E-state index contributed by atoms with van der Waals surface area (Å²) in [5.74, 6) is -3.08. The van der Waals surface area contributed by atoms with Crippen LogP contribution in [0, 0.1) is 0 Å². The molecule has 0 radical (unpaired) electrons. The van der Waals surface area contributed by atoms with E-state index in [2.05, 4.69) is 10.6 Å². The van der Waals surface area contributed by atoms with Crippen molar-refractivity contribution < 1.29 is 29.4 Å². The van der Waals surface area contributed by atoms with Crippen LogP contribution in [0.25, 0.3) is 0 Å². The van der Waals surface area contributed by atoms with E-state index in [4.69, 9.17) is 10.2 Å². The molecule has 0 saturated carbocycles. The second-order valence-electron chi connectivity index (χ2n) is 5.57. The Morgan fingerprint density at radius 3 is 2.62 bits per heavy atom. The van der Waals surface area contributed by atoms with Gasteiger partial charge in [0.25, 0.3) is 5.91 Å². The molecule has 0 fully saturated rings. The molecule has 0 bridgehead atoms. The maximum absolute atomic E-state index is 12.2. The van der Waals surface area contributed by atoms with Crippen LogP contribution in [-0.4, -0.2) is 40.0 Å². The minimum atomic E-state index is -1.29. The molecule has 4 N–H and O–H groups in total. The first-order valence-corrected chi connectivity index (χ1v) is 7.55. The molecule has 128 valence electrons. The Kier molecular flexibility index (Phi) is 5.51. The molecule has 2 amide bonds. The van der Waals surface area contributed by atoms with Gasteiger partial charge in [0, 0.05) is 24.1 Å². The molecule has 1 atom stereocenters. The number of aryl methyl sites for hydroxylation is 1. The zero-order chi connectivity index (χ0) is 17.7. The molecule has 24 heavy (non-hydrogen) atoms. The number of aliphatic carboxylic acids is 2. The second-order valence-corrected chi connectivity index (χ2v) is 5.57. The molecule has 0 aliphatic carbocycles. The van der Waals surface area contributed by atoms with E-state index in [0.717, 1.165) is 5.56 Å². The van der Waals surface area contributed by atoms with Crippen molar-refractivity contribution in [3.63, 3.8) is 0 Å². The number of carboxylic acids is 2. The number of amides is 2. The first-order chi connectivity index (χ1) is 11.4. The van der Waals surface area contributed by atoms with E-state index in [0.29, 0.717) is 24.9 Å². The number of benzene rings is 1. The lowest BCUT2D eigenvalue weighted by Gasteiger charge is -2.14. The Hall–Kier alpha value is -2.90. The molecule has 0 spiro atoms. The average molecular weight is 334 g/mol. The van der Waals surface area contributed by atoms with Gasteiger partial charge in [0.1, 0.15) is 6.04 Å². The number of carboxylic acid groups (broad SMARTS) is 2. The van der Waals surface area contributed by atoms with Crippen molar-refractivity contribution in [1.82, 2.24) is 5.32 Å². The summed E-state index contributed by atoms with van der Waals surface area (Å²) in [7, 11) is 0. The number of hydrogen-bond donors (Lipinski definition) is 4. The van der Waals surface area contributed by atoms with Gasteiger partial charge in [-0.25, -0.2) is 4.79 Å². The molecule has 1 aliphatic rings. The van der Waals surface area contributed by atoms with Gasteiger partial charge in [0.15, 0.2) is 0 Å². The third kappa shape index (κ3) is 4.55. The number of anilines is 1. The Morgan fingerprint density at radius 1 is 1.21 bits per heavy atom. The van der Waals surface area contributed by atoms with Crippen LogP contribution < -0.4 is 10.6 Å². The number of hydrogen-bond acceptors (Lipinski definition) is 4. The molecule has 1 heterocycles. The molecule has 0 aromatic heterocycles. The van der Waals surface area contributed by atoms with E-state index in [1.807, 2.05) is 0 Å². The standard InChI is InChI=1S/C16H18N2O6/c19-13-3-1-2-9-8-10(4-5-11(9)17-13)15(22)18-12(16(23)24)6-7-14(20)21/h4-5,8,12H,1-3,6-7H2,(H,17,19)(H,18,22)(H,20,21)(H,23,24)/t12-/m0/s1. The first kappa shape index (κ1) is 17.5. The molecule has 1 aliphatic heterocycles. The maximum atomic E-state index is 12.2. The summed E-state index contributed by atoms with van der Waals surface area (Å²) < 4.78 is 0. The van der Waals surface area contributed by atoms with E-state index in [1.165, 1.54) is 6.07 Å². The van der Waals surface area contributed by atoms with Gasteiger partial charge in [-0.15, -0.1) is 0 Å². The summed E-state index contributed by atoms with van der Waals surface area (Å²) in [6.45, 7) is 0. The Bertz CT molecular complexity index is 685. The van der Waals surface area contributed by atoms with E-state index in [-0.39, 0.29) is 24.3 Å². The third-order valence-electron chi connectivity index (χ3n) is 3.74. The maximum Gasteiger partial charge on any atom is 0.326 e. The lowest BCUT2D eigenvalue weighted by molar-refractivity contribution is -0.140. The van der Waals surface area contributed by atoms with Crippen molar-refractivity contribution >= 4 is 29.4 Å². The SMILES string of the molecule is O=C(O)CC[C@H](NC(=O)c1ccc2c(c1)CCCC(=O)N2)C(=O)O. The van der Waals surface area contributed by atoms with Crippen molar-refractivity contribution in [3.8, 4) is 0 Å². The largest absolute Gasteiger partial charge is 0.481 e. The highest BCUT2D eigenvalue weighted by Gasteiger charge is 2.22. The third-order valence-corrected chi connectivity index (χ3v) is 3.74. The van der Waals surface area contributed by atoms with Crippen LogP contribution in [-0.2, 0) is 20.8 Å². The molecular formula is C16H18N2O6. The van der Waals surface area contributed by atoms with Gasteiger partial charge < -0.3 is 20.8 Å². The number of rotatable bonds is 6. The van der Waals surface area contributed by atoms with Gasteiger partial charge in [-0.3, -0.25) is 14.4 Å². The lowest BCUT2D eigenvalue weighted by Crippen LogP contribution is -2.41. The normalized spacial score (nSPS) is 14.8. The summed E-state index contributed by atoms with van der Waals surface area (Å²) in [5, 5.41) is 22.8. The highest BCUT2D eigenvalue weighted by atomic mass is 16.4. The fourth-order valence-corrected chi connectivity index (χ4v) is 2.48. The summed E-state index contributed by atoms with van der Waals surface area (Å²) in [4.78, 5) is 45.4. The lowest BCUT2D eigenvalue weighted by atomic mass is 10.0. The summed E-state index contributed by atoms with van der Waals surface area (Å²) >= 11 is 0. The van der Waals surface area contributed by atoms with E-state index >= 15 is 0 Å². The fourth-order valence-electron chi connectivity index (χ4n) is 2.48. The van der Waals surface area contributed by atoms with Crippen molar-refractivity contribution in [2.45, 2.75) is 38.1 Å². The van der Waals surface area contributed by atoms with Crippen LogP contribution in [0.1, 0.15) is 41.6 Å². The molecule has 8 heteroatoms. The predicted molar refractivity (Wildman–Crippen MR) is 83.8 cm³/mol. The van der Waals surface area contributed by atoms with E-state index in [1.54, 1.807) is 12.1 Å². The monoisotopic (exact) mass is 334 g/mol. The van der Waals surface area contributed by atoms with Crippen molar-refractivity contribution in [2.24, 2.45) is 0 Å². The van der Waals surface area contributed by atoms with Crippen LogP contribution in [0.2, 0.25) is 0 Å². The first-order valence-electron chi connectivity index (χ1n) is 7.55. The smallest absolute Gasteiger partial charge is 0.326 e. The fraction of sp³-hybridized carbons (Fsp3) is 0.375. The molecule has 8 nitrogen and oxygen atoms in total. The van der Waals surface area contributed by atoms with E-state index in [9.17, 15) is 19.2 Å². The van der Waals surface area contributed by atoms with Crippen LogP contribution in [0.15, 0.2) is 18.2 Å². The highest BCUT2D eigenvalue weighted by Crippen LogP contribution is 2.23. The quantitative estimate of drug-likeness (QED) is 0.613. The molecule has 1 aromatic carbocycles. The van der Waals surface area contributed by atoms with E-state index < -0.39 is 23.9 Å². The Morgan fingerprint density at radius 2 is 1.96 bits per heavy atom. The van der Waals surface area contributed by atoms with Crippen LogP contribution in [0.5, 0.6) is 0 Å². The van der Waals surface area contributed by atoms with Crippen molar-refractivity contribution in [1.29, 1.82) is 0 Å². The molecule has 2 rings (SSSR count). The topological polar surface area (TPSA) is 133 Å². The van der Waals surface area contributed by atoms with Crippen LogP contribution >= 0.6 is 0 Å². The van der Waals surface area contributed by atoms with Crippen LogP contribution in [0.4, 0.5) is 5.69 Å². The minimum Gasteiger partial charge on any atom is -0.481 e. The number of fused-ring (bicyclic) bond motifs is 1. The summed E-state index contributed by atoms with van der Waals surface area (Å²) in [6.07, 6.45) is 1.16. The molecular weight excluding hydrogens is 316 g/mol. The molecule has 0 unspecified atom stereocenters. The summed E-state index contributed by atoms with van der Waals surface area (Å²) in [5.41, 5.74) is 1.73. The number of carbonyl (C=O) groups is 4. The van der Waals surface area contributed by atoms with Crippen LogP contribution in [0.3, 0.4) is 0 Å². The Balaban J connectivity index is 2.11. The van der Waals surface area contributed by atoms with Crippen molar-refractivity contribution in [2.75, 3.05) is 5.32 Å². The zero-order valence-corrected chi connectivity index (χ0v) is 12.9. The van der Waals surface area contributed by atoms with Gasteiger partial charge >= 0.3 is 11.9 Å². The summed E-state index contributed by atoms with van der Waals surface area (Å²) in [6, 6.07) is 3.45. The van der Waals surface area contributed by atoms with Gasteiger partial charge in [0.05, 0.1) is 0 Å². The predicted octanol–water partition coefficient (Wildman–Crippen LogP) is 1.01.